The first-order valence-electron chi connectivity index (χ1n) is 8.07. The predicted molar refractivity (Wildman–Crippen MR) is 90.1 cm³/mol. The number of benzene rings is 1. The lowest BCUT2D eigenvalue weighted by Crippen LogP contribution is -2.46. The van der Waals surface area contributed by atoms with Gasteiger partial charge >= 0.3 is 12.0 Å². The average molecular weight is 333 g/mol. The van der Waals surface area contributed by atoms with Crippen LogP contribution < -0.4 is 15.5 Å². The Hall–Kier alpha value is -2.57. The van der Waals surface area contributed by atoms with Crippen molar-refractivity contribution in [1.82, 2.24) is 10.6 Å². The zero-order valence-electron chi connectivity index (χ0n) is 13.9. The van der Waals surface area contributed by atoms with Crippen LogP contribution in [0, 0.1) is 5.92 Å². The van der Waals surface area contributed by atoms with Gasteiger partial charge in [0, 0.05) is 24.3 Å². The van der Waals surface area contributed by atoms with Gasteiger partial charge in [-0.1, -0.05) is 19.9 Å². The van der Waals surface area contributed by atoms with Gasteiger partial charge in [0.1, 0.15) is 6.04 Å². The van der Waals surface area contributed by atoms with E-state index in [1.54, 1.807) is 29.2 Å². The fourth-order valence-corrected chi connectivity index (χ4v) is 2.63. The number of amides is 3. The van der Waals surface area contributed by atoms with Crippen LogP contribution in [0.25, 0.3) is 0 Å². The minimum atomic E-state index is -1.05. The van der Waals surface area contributed by atoms with E-state index in [4.69, 9.17) is 0 Å². The molecule has 1 aliphatic rings. The highest BCUT2D eigenvalue weighted by Gasteiger charge is 2.23. The largest absolute Gasteiger partial charge is 0.480 e. The normalized spacial score (nSPS) is 15.8. The van der Waals surface area contributed by atoms with Crippen molar-refractivity contribution >= 4 is 23.6 Å². The van der Waals surface area contributed by atoms with E-state index in [1.165, 1.54) is 0 Å². The highest BCUT2D eigenvalue weighted by molar-refractivity contribution is 5.99. The van der Waals surface area contributed by atoms with Gasteiger partial charge in [-0.3, -0.25) is 9.69 Å². The Labute approximate surface area is 141 Å². The predicted octanol–water partition coefficient (Wildman–Crippen LogP) is 1.84. The number of hydrogen-bond acceptors (Lipinski definition) is 3. The molecule has 24 heavy (non-hydrogen) atoms. The van der Waals surface area contributed by atoms with E-state index < -0.39 is 17.9 Å². The second-order valence-corrected chi connectivity index (χ2v) is 6.28. The Morgan fingerprint density at radius 1 is 1.38 bits per heavy atom. The van der Waals surface area contributed by atoms with Crippen molar-refractivity contribution in [3.8, 4) is 0 Å². The third-order valence-electron chi connectivity index (χ3n) is 3.81. The van der Waals surface area contributed by atoms with Gasteiger partial charge in [-0.15, -0.1) is 0 Å². The molecular weight excluding hydrogens is 310 g/mol. The highest BCUT2D eigenvalue weighted by atomic mass is 16.4. The highest BCUT2D eigenvalue weighted by Crippen LogP contribution is 2.19. The van der Waals surface area contributed by atoms with Crippen LogP contribution in [-0.2, 0) is 4.79 Å². The van der Waals surface area contributed by atoms with Gasteiger partial charge in [-0.05, 0) is 37.0 Å². The molecule has 0 radical (unpaired) electrons. The third-order valence-corrected chi connectivity index (χ3v) is 3.81. The first-order valence-corrected chi connectivity index (χ1v) is 8.07. The molecule has 0 unspecified atom stereocenters. The van der Waals surface area contributed by atoms with Crippen LogP contribution in [-0.4, -0.2) is 42.1 Å². The number of carbonyl (C=O) groups is 3. The summed E-state index contributed by atoms with van der Waals surface area (Å²) in [6, 6.07) is 5.53. The van der Waals surface area contributed by atoms with E-state index >= 15 is 0 Å². The van der Waals surface area contributed by atoms with Crippen molar-refractivity contribution in [1.29, 1.82) is 0 Å². The van der Waals surface area contributed by atoms with Gasteiger partial charge in [0.25, 0.3) is 5.91 Å². The van der Waals surface area contributed by atoms with Crippen molar-refractivity contribution < 1.29 is 19.5 Å². The molecule has 1 aliphatic heterocycles. The maximum absolute atomic E-state index is 12.4. The summed E-state index contributed by atoms with van der Waals surface area (Å²) in [6.45, 7) is 5.03. The summed E-state index contributed by atoms with van der Waals surface area (Å²) >= 11 is 0. The molecule has 2 rings (SSSR count). The Bertz CT molecular complexity index is 630. The quantitative estimate of drug-likeness (QED) is 0.739. The number of aliphatic carboxylic acids is 1. The molecule has 1 atom stereocenters. The maximum Gasteiger partial charge on any atom is 0.326 e. The monoisotopic (exact) mass is 333 g/mol. The Morgan fingerprint density at radius 3 is 2.75 bits per heavy atom. The molecule has 3 N–H and O–H groups in total. The molecule has 0 aliphatic carbocycles. The van der Waals surface area contributed by atoms with Crippen LogP contribution in [0.15, 0.2) is 24.3 Å². The summed E-state index contributed by atoms with van der Waals surface area (Å²) in [6.07, 6.45) is 1.19. The molecular formula is C17H23N3O4. The second-order valence-electron chi connectivity index (χ2n) is 6.28. The molecule has 0 spiro atoms. The fourth-order valence-electron chi connectivity index (χ4n) is 2.63. The van der Waals surface area contributed by atoms with Crippen LogP contribution in [0.3, 0.4) is 0 Å². The van der Waals surface area contributed by atoms with Crippen LogP contribution in [0.1, 0.15) is 37.0 Å². The lowest BCUT2D eigenvalue weighted by atomic mass is 10.0. The van der Waals surface area contributed by atoms with Crippen molar-refractivity contribution in [2.24, 2.45) is 5.92 Å². The van der Waals surface area contributed by atoms with Crippen molar-refractivity contribution in [3.05, 3.63) is 29.8 Å². The number of nitrogens with one attached hydrogen (secondary N) is 2. The maximum atomic E-state index is 12.4. The van der Waals surface area contributed by atoms with Gasteiger partial charge in [0.05, 0.1) is 0 Å². The molecule has 7 heteroatoms. The fraction of sp³-hybridized carbons (Fsp3) is 0.471. The van der Waals surface area contributed by atoms with Crippen molar-refractivity contribution in [2.75, 3.05) is 18.0 Å². The summed E-state index contributed by atoms with van der Waals surface area (Å²) in [5.41, 5.74) is 0.955. The summed E-state index contributed by atoms with van der Waals surface area (Å²) < 4.78 is 0. The van der Waals surface area contributed by atoms with Crippen LogP contribution in [0.2, 0.25) is 0 Å². The molecule has 1 aromatic carbocycles. The Balaban J connectivity index is 2.13. The smallest absolute Gasteiger partial charge is 0.326 e. The zero-order chi connectivity index (χ0) is 17.7. The first-order chi connectivity index (χ1) is 11.4. The van der Waals surface area contributed by atoms with Gasteiger partial charge in [0.15, 0.2) is 0 Å². The van der Waals surface area contributed by atoms with Gasteiger partial charge in [0.2, 0.25) is 0 Å². The summed E-state index contributed by atoms with van der Waals surface area (Å²) in [5, 5.41) is 14.5. The van der Waals surface area contributed by atoms with Crippen LogP contribution in [0.4, 0.5) is 10.5 Å². The number of nitrogens with zero attached hydrogens (tertiary/aromatic N) is 1. The number of carbonyl (C=O) groups excluding carboxylic acids is 2. The molecule has 3 amide bonds. The number of hydrogen-bond donors (Lipinski definition) is 3. The van der Waals surface area contributed by atoms with E-state index in [9.17, 15) is 19.5 Å². The number of rotatable bonds is 6. The molecule has 7 nitrogen and oxygen atoms in total. The Morgan fingerprint density at radius 2 is 2.12 bits per heavy atom. The number of carboxylic acid groups (broad SMARTS) is 1. The average Bonchev–Trinajstić information content (AvgIpc) is 2.54. The molecule has 0 saturated carbocycles. The van der Waals surface area contributed by atoms with Crippen molar-refractivity contribution in [3.63, 3.8) is 0 Å². The van der Waals surface area contributed by atoms with E-state index in [-0.39, 0.29) is 11.9 Å². The minimum absolute atomic E-state index is 0.148. The van der Waals surface area contributed by atoms with E-state index in [2.05, 4.69) is 10.6 Å². The topological polar surface area (TPSA) is 98.7 Å². The third kappa shape index (κ3) is 4.47. The standard InChI is InChI=1S/C17H23N3O4/c1-11(2)9-14(16(22)23)19-15(21)12-5-3-6-13(10-12)20-8-4-7-18-17(20)24/h3,5-6,10-11,14H,4,7-9H2,1-2H3,(H,18,24)(H,19,21)(H,22,23)/t14-/m1/s1. The first kappa shape index (κ1) is 17.8. The van der Waals surface area contributed by atoms with Crippen LogP contribution in [0.5, 0.6) is 0 Å². The van der Waals surface area contributed by atoms with E-state index in [0.717, 1.165) is 6.42 Å². The molecule has 0 aromatic heterocycles. The molecule has 130 valence electrons. The molecule has 0 bridgehead atoms. The molecule has 1 fully saturated rings. The van der Waals surface area contributed by atoms with E-state index in [0.29, 0.717) is 30.8 Å². The minimum Gasteiger partial charge on any atom is -0.480 e. The van der Waals surface area contributed by atoms with Gasteiger partial charge < -0.3 is 15.7 Å². The molecule has 1 aromatic rings. The second kappa shape index (κ2) is 7.81. The molecule has 1 saturated heterocycles. The van der Waals surface area contributed by atoms with Gasteiger partial charge in [-0.2, -0.15) is 0 Å². The SMILES string of the molecule is CC(C)C[C@@H](NC(=O)c1cccc(N2CCCNC2=O)c1)C(=O)O. The van der Waals surface area contributed by atoms with E-state index in [1.807, 2.05) is 13.8 Å². The summed E-state index contributed by atoms with van der Waals surface area (Å²) in [4.78, 5) is 37.1. The number of anilines is 1. The summed E-state index contributed by atoms with van der Waals surface area (Å²) in [5.74, 6) is -1.36. The number of carboxylic acids is 1. The Kier molecular flexibility index (Phi) is 5.78. The summed E-state index contributed by atoms with van der Waals surface area (Å²) in [7, 11) is 0. The van der Waals surface area contributed by atoms with Crippen LogP contribution >= 0.6 is 0 Å². The number of urea groups is 1. The lowest BCUT2D eigenvalue weighted by molar-refractivity contribution is -0.139. The lowest BCUT2D eigenvalue weighted by Gasteiger charge is -2.27. The zero-order valence-corrected chi connectivity index (χ0v) is 13.9. The molecule has 1 heterocycles. The van der Waals surface area contributed by atoms with Gasteiger partial charge in [-0.25, -0.2) is 9.59 Å². The van der Waals surface area contributed by atoms with Crippen molar-refractivity contribution in [2.45, 2.75) is 32.7 Å².